The topological polar surface area (TPSA) is 88.3 Å². The molecule has 7 nitrogen and oxygen atoms in total. The number of nitrogens with zero attached hydrogens (tertiary/aromatic N) is 4. The number of rotatable bonds is 4. The van der Waals surface area contributed by atoms with Gasteiger partial charge < -0.3 is 5.11 Å². The van der Waals surface area contributed by atoms with E-state index in [1.807, 2.05) is 26.0 Å². The van der Waals surface area contributed by atoms with E-state index in [4.69, 9.17) is 16.6 Å². The van der Waals surface area contributed by atoms with E-state index < -0.39 is 17.3 Å². The second-order valence-corrected chi connectivity index (χ2v) is 14.6. The lowest BCUT2D eigenvalue weighted by atomic mass is 9.78. The molecule has 0 bridgehead atoms. The maximum atomic E-state index is 14.3. The molecule has 1 spiro atoms. The van der Waals surface area contributed by atoms with E-state index in [1.165, 1.54) is 11.3 Å². The van der Waals surface area contributed by atoms with Gasteiger partial charge in [0.1, 0.15) is 5.82 Å². The number of carboxylic acids is 1. The number of carbonyl (C=O) groups is 1. The molecule has 1 aliphatic heterocycles. The molecule has 1 saturated carbocycles. The minimum Gasteiger partial charge on any atom is -0.478 e. The zero-order valence-electron chi connectivity index (χ0n) is 25.8. The Morgan fingerprint density at radius 2 is 1.96 bits per heavy atom. The Hall–Kier alpha value is -3.65. The molecular formula is C35H33ClF2N4O3S. The van der Waals surface area contributed by atoms with Gasteiger partial charge in [-0.2, -0.15) is 0 Å². The summed E-state index contributed by atoms with van der Waals surface area (Å²) in [6, 6.07) is 7.27. The number of halogens is 3. The molecule has 1 N–H and O–H groups in total. The first-order chi connectivity index (χ1) is 21.8. The maximum absolute atomic E-state index is 14.3. The van der Waals surface area contributed by atoms with Gasteiger partial charge in [0.05, 0.1) is 33.4 Å². The number of benzene rings is 1. The van der Waals surface area contributed by atoms with Crippen molar-refractivity contribution in [2.45, 2.75) is 77.3 Å². The molecule has 2 atom stereocenters. The van der Waals surface area contributed by atoms with Crippen molar-refractivity contribution >= 4 is 39.1 Å². The fraction of sp³-hybridized carbons (Fsp3) is 0.429. The van der Waals surface area contributed by atoms with Crippen LogP contribution in [0, 0.1) is 31.1 Å². The van der Waals surface area contributed by atoms with Gasteiger partial charge in [0.15, 0.2) is 0 Å². The molecule has 1 aromatic carbocycles. The van der Waals surface area contributed by atoms with Gasteiger partial charge in [-0.05, 0) is 83.7 Å². The number of aromatic nitrogens is 3. The van der Waals surface area contributed by atoms with Gasteiger partial charge in [-0.15, -0.1) is 11.3 Å². The predicted molar refractivity (Wildman–Crippen MR) is 175 cm³/mol. The number of aryl methyl sites for hydroxylation is 3. The van der Waals surface area contributed by atoms with Gasteiger partial charge in [0, 0.05) is 56.9 Å². The van der Waals surface area contributed by atoms with Crippen molar-refractivity contribution in [1.82, 2.24) is 19.4 Å². The van der Waals surface area contributed by atoms with Crippen LogP contribution in [0.15, 0.2) is 34.4 Å². The van der Waals surface area contributed by atoms with E-state index >= 15 is 0 Å². The molecule has 4 heterocycles. The second kappa shape index (κ2) is 11.0. The van der Waals surface area contributed by atoms with Crippen LogP contribution in [-0.4, -0.2) is 55.1 Å². The van der Waals surface area contributed by atoms with Crippen LogP contribution in [-0.2, 0) is 19.4 Å². The normalized spacial score (nSPS) is 23.6. The SMILES string of the molecule is Cc1cc(-c2cc(Cl)ccc2C#CCn2c(C)nc3c(c2=O)C[C@@](C)(N2CCC[C@@]4(C2)CC4(F)F)CC3)c2scc(C(=O)O)c2n1. The van der Waals surface area contributed by atoms with E-state index in [2.05, 4.69) is 28.6 Å². The number of aromatic carboxylic acids is 1. The standard InChI is InChI=1S/C35H33ClF2N4O3S/c1-20-14-25(30-29(39-20)27(17-46-30)32(44)45)24-15-23(36)8-7-22(24)6-4-13-42-21(2)40-28-9-11-33(3,16-26(28)31(42)43)41-12-5-10-34(19-41)18-35(34,37)38/h7-8,14-15,17H,5,9-13,16,18-19H2,1-3H3,(H,44,45)/t33-,34-/m0/s1. The van der Waals surface area contributed by atoms with E-state index in [9.17, 15) is 23.5 Å². The number of thiophene rings is 1. The number of hydrogen-bond acceptors (Lipinski definition) is 6. The Balaban J connectivity index is 1.19. The summed E-state index contributed by atoms with van der Waals surface area (Å²) in [6.45, 7) is 6.98. The summed E-state index contributed by atoms with van der Waals surface area (Å²) in [5.41, 5.74) is 3.49. The largest absolute Gasteiger partial charge is 0.478 e. The van der Waals surface area contributed by atoms with Crippen LogP contribution < -0.4 is 5.56 Å². The Bertz CT molecular complexity index is 2060. The molecule has 4 aromatic rings. The van der Waals surface area contributed by atoms with Crippen LogP contribution in [0.5, 0.6) is 0 Å². The number of carboxylic acid groups (broad SMARTS) is 1. The van der Waals surface area contributed by atoms with Crippen molar-refractivity contribution in [3.05, 3.63) is 78.9 Å². The van der Waals surface area contributed by atoms with Crippen molar-refractivity contribution in [3.63, 3.8) is 0 Å². The van der Waals surface area contributed by atoms with Gasteiger partial charge in [-0.1, -0.05) is 23.4 Å². The quantitative estimate of drug-likeness (QED) is 0.239. The Morgan fingerprint density at radius 1 is 1.17 bits per heavy atom. The van der Waals surface area contributed by atoms with Gasteiger partial charge in [0.25, 0.3) is 11.5 Å². The fourth-order valence-corrected chi connectivity index (χ4v) is 8.60. The van der Waals surface area contributed by atoms with E-state index in [0.29, 0.717) is 59.0 Å². The third-order valence-electron chi connectivity index (χ3n) is 10.2. The Morgan fingerprint density at radius 3 is 2.70 bits per heavy atom. The summed E-state index contributed by atoms with van der Waals surface area (Å²) in [4.78, 5) is 37.2. The number of fused-ring (bicyclic) bond motifs is 2. The molecule has 0 amide bonds. The van der Waals surface area contributed by atoms with E-state index in [0.717, 1.165) is 40.9 Å². The molecular weight excluding hydrogens is 630 g/mol. The van der Waals surface area contributed by atoms with E-state index in [1.54, 1.807) is 22.1 Å². The third kappa shape index (κ3) is 5.13. The summed E-state index contributed by atoms with van der Waals surface area (Å²) >= 11 is 7.72. The van der Waals surface area contributed by atoms with Gasteiger partial charge >= 0.3 is 5.97 Å². The zero-order chi connectivity index (χ0) is 32.6. The number of likely N-dealkylation sites (tertiary alicyclic amines) is 1. The summed E-state index contributed by atoms with van der Waals surface area (Å²) < 4.78 is 30.9. The van der Waals surface area contributed by atoms with Gasteiger partial charge in [-0.3, -0.25) is 19.2 Å². The van der Waals surface area contributed by atoms with Crippen molar-refractivity contribution < 1.29 is 18.7 Å². The maximum Gasteiger partial charge on any atom is 0.338 e. The molecule has 46 heavy (non-hydrogen) atoms. The van der Waals surface area contributed by atoms with E-state index in [-0.39, 0.29) is 29.6 Å². The lowest BCUT2D eigenvalue weighted by molar-refractivity contribution is -0.0161. The smallest absolute Gasteiger partial charge is 0.338 e. The first kappa shape index (κ1) is 31.0. The van der Waals surface area contributed by atoms with Crippen LogP contribution >= 0.6 is 22.9 Å². The first-order valence-corrected chi connectivity index (χ1v) is 16.7. The molecule has 11 heteroatoms. The minimum absolute atomic E-state index is 0.0347. The van der Waals surface area contributed by atoms with Crippen molar-refractivity contribution in [1.29, 1.82) is 0 Å². The average molecular weight is 663 g/mol. The van der Waals surface area contributed by atoms with Crippen molar-refractivity contribution in [3.8, 4) is 23.0 Å². The van der Waals surface area contributed by atoms with Crippen LogP contribution in [0.2, 0.25) is 5.02 Å². The number of piperidine rings is 1. The van der Waals surface area contributed by atoms with Crippen LogP contribution in [0.1, 0.15) is 71.3 Å². The number of hydrogen-bond donors (Lipinski definition) is 1. The molecule has 1 saturated heterocycles. The molecule has 238 valence electrons. The highest BCUT2D eigenvalue weighted by atomic mass is 35.5. The molecule has 2 aliphatic carbocycles. The van der Waals surface area contributed by atoms with Crippen molar-refractivity contribution in [2.75, 3.05) is 13.1 Å². The summed E-state index contributed by atoms with van der Waals surface area (Å²) in [5, 5.41) is 11.8. The van der Waals surface area contributed by atoms with Crippen molar-refractivity contribution in [2.24, 2.45) is 5.41 Å². The molecule has 7 rings (SSSR count). The molecule has 2 fully saturated rings. The van der Waals surface area contributed by atoms with Gasteiger partial charge in [0.2, 0.25) is 0 Å². The Labute approximate surface area is 274 Å². The summed E-state index contributed by atoms with van der Waals surface area (Å²) in [7, 11) is 0. The lowest BCUT2D eigenvalue weighted by Gasteiger charge is -2.48. The second-order valence-electron chi connectivity index (χ2n) is 13.3. The molecule has 0 radical (unpaired) electrons. The monoisotopic (exact) mass is 662 g/mol. The molecule has 3 aromatic heterocycles. The average Bonchev–Trinajstić information content (AvgIpc) is 3.30. The van der Waals surface area contributed by atoms with Crippen LogP contribution in [0.4, 0.5) is 8.78 Å². The highest BCUT2D eigenvalue weighted by Gasteiger charge is 2.71. The zero-order valence-corrected chi connectivity index (χ0v) is 27.4. The number of alkyl halides is 2. The first-order valence-electron chi connectivity index (χ1n) is 15.4. The third-order valence-corrected chi connectivity index (χ3v) is 11.4. The van der Waals surface area contributed by atoms with Crippen LogP contribution in [0.25, 0.3) is 21.3 Å². The van der Waals surface area contributed by atoms with Gasteiger partial charge in [-0.25, -0.2) is 18.6 Å². The summed E-state index contributed by atoms with van der Waals surface area (Å²) in [6.07, 6.45) is 3.15. The Kier molecular flexibility index (Phi) is 7.38. The van der Waals surface area contributed by atoms with Crippen LogP contribution in [0.3, 0.4) is 0 Å². The summed E-state index contributed by atoms with van der Waals surface area (Å²) in [5.74, 6) is 3.34. The highest BCUT2D eigenvalue weighted by Crippen LogP contribution is 2.65. The lowest BCUT2D eigenvalue weighted by Crippen LogP contribution is -2.56. The highest BCUT2D eigenvalue weighted by molar-refractivity contribution is 7.18. The fourth-order valence-electron chi connectivity index (χ4n) is 7.42. The minimum atomic E-state index is -2.59. The number of pyridine rings is 1. The molecule has 3 aliphatic rings. The predicted octanol–water partition coefficient (Wildman–Crippen LogP) is 6.91. The molecule has 0 unspecified atom stereocenters.